The van der Waals surface area contributed by atoms with Crippen LogP contribution in [0.4, 0.5) is 0 Å². The second-order valence-electron chi connectivity index (χ2n) is 7.16. The number of carbonyl (C=O) groups is 1. The fourth-order valence-electron chi connectivity index (χ4n) is 3.81. The van der Waals surface area contributed by atoms with Crippen molar-refractivity contribution in [3.8, 4) is 17.2 Å². The Kier molecular flexibility index (Phi) is 4.97. The Labute approximate surface area is 148 Å². The molecular weight excluding hydrogens is 320 g/mol. The van der Waals surface area contributed by atoms with E-state index in [0.717, 1.165) is 12.8 Å². The van der Waals surface area contributed by atoms with Gasteiger partial charge in [-0.1, -0.05) is 19.3 Å². The minimum atomic E-state index is -0.0715. The van der Waals surface area contributed by atoms with Crippen LogP contribution in [-0.2, 0) is 4.79 Å². The van der Waals surface area contributed by atoms with Gasteiger partial charge >= 0.3 is 0 Å². The van der Waals surface area contributed by atoms with Crippen molar-refractivity contribution < 1.29 is 19.0 Å². The maximum absolute atomic E-state index is 12.2. The summed E-state index contributed by atoms with van der Waals surface area (Å²) < 4.78 is 16.2. The quantitative estimate of drug-likeness (QED) is 0.828. The molecule has 6 heteroatoms. The smallest absolute Gasteiger partial charge is 0.258 e. The molecule has 2 N–H and O–H groups in total. The van der Waals surface area contributed by atoms with Crippen molar-refractivity contribution in [2.75, 3.05) is 13.4 Å². The summed E-state index contributed by atoms with van der Waals surface area (Å²) in [6.07, 6.45) is 8.73. The maximum atomic E-state index is 12.2. The Balaban J connectivity index is 1.21. The molecule has 2 saturated carbocycles. The number of rotatable bonds is 6. The van der Waals surface area contributed by atoms with Gasteiger partial charge < -0.3 is 24.8 Å². The molecule has 1 aromatic rings. The zero-order valence-corrected chi connectivity index (χ0v) is 14.5. The Hall–Kier alpha value is -1.95. The molecule has 3 aliphatic rings. The van der Waals surface area contributed by atoms with Gasteiger partial charge in [0.15, 0.2) is 18.1 Å². The molecule has 0 radical (unpaired) electrons. The lowest BCUT2D eigenvalue weighted by molar-refractivity contribution is -0.124. The summed E-state index contributed by atoms with van der Waals surface area (Å²) >= 11 is 0. The van der Waals surface area contributed by atoms with Gasteiger partial charge in [0.05, 0.1) is 0 Å². The summed E-state index contributed by atoms with van der Waals surface area (Å²) in [7, 11) is 0. The van der Waals surface area contributed by atoms with E-state index < -0.39 is 0 Å². The summed E-state index contributed by atoms with van der Waals surface area (Å²) in [6.45, 7) is 0.253. The van der Waals surface area contributed by atoms with Crippen LogP contribution in [-0.4, -0.2) is 37.4 Å². The molecule has 2 atom stereocenters. The third-order valence-corrected chi connectivity index (χ3v) is 5.39. The minimum Gasteiger partial charge on any atom is -0.484 e. The standard InChI is InChI=1S/C19H26N2O4/c22-19(11-23-14-6-9-17-18(10-14)25-12-24-17)21-16-8-7-15(16)20-13-4-2-1-3-5-13/h6,9-10,13,15-16,20H,1-5,7-8,11-12H2,(H,21,22)/t15-,16+/m0/s1. The minimum absolute atomic E-state index is 0.0201. The molecule has 2 fully saturated rings. The second-order valence-corrected chi connectivity index (χ2v) is 7.16. The molecule has 4 rings (SSSR count). The summed E-state index contributed by atoms with van der Waals surface area (Å²) in [6, 6.07) is 6.62. The predicted octanol–water partition coefficient (Wildman–Crippen LogP) is 2.36. The molecule has 0 spiro atoms. The molecule has 0 unspecified atom stereocenters. The molecule has 6 nitrogen and oxygen atoms in total. The summed E-state index contributed by atoms with van der Waals surface area (Å²) in [5.41, 5.74) is 0. The molecule has 1 amide bonds. The SMILES string of the molecule is O=C(COc1ccc2c(c1)OCO2)N[C@@H]1CC[C@@H]1NC1CCCCC1. The van der Waals surface area contributed by atoms with Crippen LogP contribution >= 0.6 is 0 Å². The van der Waals surface area contributed by atoms with E-state index in [-0.39, 0.29) is 25.3 Å². The van der Waals surface area contributed by atoms with Crippen LogP contribution in [0, 0.1) is 0 Å². The van der Waals surface area contributed by atoms with Crippen molar-refractivity contribution >= 4 is 5.91 Å². The van der Waals surface area contributed by atoms with Gasteiger partial charge in [0.1, 0.15) is 5.75 Å². The van der Waals surface area contributed by atoms with Gasteiger partial charge in [-0.3, -0.25) is 4.79 Å². The number of nitrogens with one attached hydrogen (secondary N) is 2. The maximum Gasteiger partial charge on any atom is 0.258 e. The molecule has 136 valence electrons. The van der Waals surface area contributed by atoms with Crippen molar-refractivity contribution in [2.45, 2.75) is 63.1 Å². The van der Waals surface area contributed by atoms with E-state index in [0.29, 0.717) is 29.3 Å². The molecule has 1 aliphatic heterocycles. The average Bonchev–Trinajstić information content (AvgIpc) is 3.10. The monoisotopic (exact) mass is 346 g/mol. The molecule has 0 saturated heterocycles. The van der Waals surface area contributed by atoms with Gasteiger partial charge in [0.25, 0.3) is 5.91 Å². The van der Waals surface area contributed by atoms with Gasteiger partial charge in [-0.25, -0.2) is 0 Å². The number of fused-ring (bicyclic) bond motifs is 1. The lowest BCUT2D eigenvalue weighted by Crippen LogP contribution is -2.59. The number of benzene rings is 1. The lowest BCUT2D eigenvalue weighted by Gasteiger charge is -2.41. The Morgan fingerprint density at radius 2 is 1.84 bits per heavy atom. The number of hydrogen-bond donors (Lipinski definition) is 2. The van der Waals surface area contributed by atoms with E-state index in [1.165, 1.54) is 32.1 Å². The molecule has 1 aromatic carbocycles. The highest BCUT2D eigenvalue weighted by Gasteiger charge is 2.33. The number of hydrogen-bond acceptors (Lipinski definition) is 5. The molecule has 1 heterocycles. The predicted molar refractivity (Wildman–Crippen MR) is 93.0 cm³/mol. The fourth-order valence-corrected chi connectivity index (χ4v) is 3.81. The number of ether oxygens (including phenoxy) is 3. The molecule has 2 aliphatic carbocycles. The zero-order chi connectivity index (χ0) is 17.1. The van der Waals surface area contributed by atoms with Crippen LogP contribution in [0.5, 0.6) is 17.2 Å². The van der Waals surface area contributed by atoms with Gasteiger partial charge in [-0.15, -0.1) is 0 Å². The number of carbonyl (C=O) groups excluding carboxylic acids is 1. The van der Waals surface area contributed by atoms with Crippen LogP contribution < -0.4 is 24.8 Å². The second kappa shape index (κ2) is 7.52. The Bertz CT molecular complexity index is 615. The Morgan fingerprint density at radius 3 is 2.64 bits per heavy atom. The highest BCUT2D eigenvalue weighted by atomic mass is 16.7. The molecule has 0 bridgehead atoms. The first-order chi connectivity index (χ1) is 12.3. The van der Waals surface area contributed by atoms with Crippen molar-refractivity contribution in [3.05, 3.63) is 18.2 Å². The van der Waals surface area contributed by atoms with Gasteiger partial charge in [-0.2, -0.15) is 0 Å². The largest absolute Gasteiger partial charge is 0.484 e. The van der Waals surface area contributed by atoms with Gasteiger partial charge in [-0.05, 0) is 37.8 Å². The van der Waals surface area contributed by atoms with Gasteiger partial charge in [0.2, 0.25) is 6.79 Å². The van der Waals surface area contributed by atoms with Crippen LogP contribution in [0.2, 0.25) is 0 Å². The highest BCUT2D eigenvalue weighted by Crippen LogP contribution is 2.35. The topological polar surface area (TPSA) is 68.8 Å². The van der Waals surface area contributed by atoms with Crippen molar-refractivity contribution in [1.29, 1.82) is 0 Å². The van der Waals surface area contributed by atoms with E-state index in [1.807, 2.05) is 0 Å². The third-order valence-electron chi connectivity index (χ3n) is 5.39. The highest BCUT2D eigenvalue weighted by molar-refractivity contribution is 5.78. The number of amides is 1. The average molecular weight is 346 g/mol. The molecule has 0 aromatic heterocycles. The van der Waals surface area contributed by atoms with E-state index in [4.69, 9.17) is 14.2 Å². The van der Waals surface area contributed by atoms with Crippen molar-refractivity contribution in [3.63, 3.8) is 0 Å². The molecular formula is C19H26N2O4. The fraction of sp³-hybridized carbons (Fsp3) is 0.632. The lowest BCUT2D eigenvalue weighted by atomic mass is 9.84. The first kappa shape index (κ1) is 16.5. The van der Waals surface area contributed by atoms with E-state index in [9.17, 15) is 4.79 Å². The van der Waals surface area contributed by atoms with Crippen LogP contribution in [0.3, 0.4) is 0 Å². The van der Waals surface area contributed by atoms with E-state index >= 15 is 0 Å². The van der Waals surface area contributed by atoms with E-state index in [2.05, 4.69) is 10.6 Å². The van der Waals surface area contributed by atoms with Crippen LogP contribution in [0.15, 0.2) is 18.2 Å². The van der Waals surface area contributed by atoms with Crippen molar-refractivity contribution in [2.24, 2.45) is 0 Å². The molecule has 25 heavy (non-hydrogen) atoms. The van der Waals surface area contributed by atoms with E-state index in [1.54, 1.807) is 18.2 Å². The van der Waals surface area contributed by atoms with Crippen molar-refractivity contribution in [1.82, 2.24) is 10.6 Å². The summed E-state index contributed by atoms with van der Waals surface area (Å²) in [5.74, 6) is 1.92. The third kappa shape index (κ3) is 4.00. The normalized spacial score (nSPS) is 25.3. The van der Waals surface area contributed by atoms with Gasteiger partial charge in [0, 0.05) is 24.2 Å². The first-order valence-corrected chi connectivity index (χ1v) is 9.36. The summed E-state index contributed by atoms with van der Waals surface area (Å²) in [5, 5.41) is 6.82. The van der Waals surface area contributed by atoms with Crippen LogP contribution in [0.1, 0.15) is 44.9 Å². The van der Waals surface area contributed by atoms with Crippen LogP contribution in [0.25, 0.3) is 0 Å². The summed E-state index contributed by atoms with van der Waals surface area (Å²) in [4.78, 5) is 12.2. The first-order valence-electron chi connectivity index (χ1n) is 9.36. The zero-order valence-electron chi connectivity index (χ0n) is 14.5. The Morgan fingerprint density at radius 1 is 1.04 bits per heavy atom.